The number of anilines is 6. The summed E-state index contributed by atoms with van der Waals surface area (Å²) in [6.45, 7) is 16.4. The number of epoxide rings is 6. The summed E-state index contributed by atoms with van der Waals surface area (Å²) in [6, 6.07) is 61.7. The van der Waals surface area contributed by atoms with E-state index in [2.05, 4.69) is 125 Å². The average molecular weight is 1360 g/mol. The highest BCUT2D eigenvalue weighted by Crippen LogP contribution is 2.51. The van der Waals surface area contributed by atoms with Gasteiger partial charge in [0.1, 0.15) is 99.3 Å². The van der Waals surface area contributed by atoms with Crippen molar-refractivity contribution in [3.8, 4) is 56.8 Å². The molecule has 101 heavy (non-hydrogen) atoms. The summed E-state index contributed by atoms with van der Waals surface area (Å²) in [5.74, 6) is 4.07. The molecule has 6 heterocycles. The van der Waals surface area contributed by atoms with Gasteiger partial charge in [-0.15, -0.1) is 0 Å². The molecule has 6 unspecified atom stereocenters. The van der Waals surface area contributed by atoms with Crippen LogP contribution in [0.5, 0.6) is 34.5 Å². The van der Waals surface area contributed by atoms with E-state index in [0.717, 1.165) is 103 Å². The molecule has 6 atom stereocenters. The van der Waals surface area contributed by atoms with Crippen LogP contribution in [0.2, 0.25) is 0 Å². The number of nitrogens with two attached hydrogens (primary N) is 6. The molecule has 0 radical (unpaired) electrons. The van der Waals surface area contributed by atoms with E-state index < -0.39 is 0 Å². The van der Waals surface area contributed by atoms with Crippen LogP contribution in [0.15, 0.2) is 182 Å². The summed E-state index contributed by atoms with van der Waals surface area (Å²) < 4.78 is 67.3. The third-order valence-corrected chi connectivity index (χ3v) is 19.4. The number of ether oxygens (including phenoxy) is 12. The lowest BCUT2D eigenvalue weighted by Gasteiger charge is -2.30. The second-order valence-corrected chi connectivity index (χ2v) is 27.5. The Morgan fingerprint density at radius 2 is 0.604 bits per heavy atom. The molecule has 18 heteroatoms. The van der Waals surface area contributed by atoms with Gasteiger partial charge in [-0.3, -0.25) is 0 Å². The van der Waals surface area contributed by atoms with Crippen molar-refractivity contribution in [2.75, 3.05) is 114 Å². The fourth-order valence-corrected chi connectivity index (χ4v) is 12.6. The summed E-state index contributed by atoms with van der Waals surface area (Å²) in [4.78, 5) is 0. The third kappa shape index (κ3) is 15.4. The minimum absolute atomic E-state index is 0. The Balaban J connectivity index is 0.000000128. The summed E-state index contributed by atoms with van der Waals surface area (Å²) >= 11 is 0. The minimum atomic E-state index is -0.219. The van der Waals surface area contributed by atoms with Crippen LogP contribution < -0.4 is 62.8 Å². The molecule has 17 rings (SSSR count). The third-order valence-electron chi connectivity index (χ3n) is 19.4. The molecule has 0 amide bonds. The number of benzene rings is 11. The first-order valence-corrected chi connectivity index (χ1v) is 34.1. The van der Waals surface area contributed by atoms with E-state index in [1.165, 1.54) is 11.1 Å². The van der Waals surface area contributed by atoms with Gasteiger partial charge in [-0.2, -0.15) is 0 Å². The normalized spacial score (nSPS) is 19.0. The van der Waals surface area contributed by atoms with Gasteiger partial charge in [0.05, 0.1) is 73.8 Å². The van der Waals surface area contributed by atoms with Crippen LogP contribution in [-0.4, -0.2) is 116 Å². The maximum absolute atomic E-state index is 6.54. The lowest BCUT2D eigenvalue weighted by molar-refractivity contribution is 0.262. The standard InChI is InChI=1S/C30H36N2O4.2C26H24N2O4.CH4/c1-29(2,21-9-11-27(25(31)13-21)35-17-23-15-33-23)19-5-7-20(8-6-19)30(3,4)22-10-12-28(26(32)14-22)36-18-24-16-34-24;27-25-21-5-1-15(9-17(21)3-7-23(25)31-13-19-11-29-19)16-2-6-22-18(10-16)4-8-24(26(22)28)32-14-20-12-30-20;27-21-9-15-5-1-3-7-19(15)23(25(21)31-13-17-11-29-17)24-20-8-4-2-6-16(20)10-22(28)26(24)32-14-18-12-30-18;/h5-14,23-24H,15-18,31-32H2,1-4H3;1-10,19-20H,11-14,27-28H2;1-10,17-18H,11-14,27-28H2;1H4. The first kappa shape index (κ1) is 68.0. The number of hydrogen-bond acceptors (Lipinski definition) is 18. The van der Waals surface area contributed by atoms with Crippen LogP contribution in [0.3, 0.4) is 0 Å². The Labute approximate surface area is 588 Å². The Hall–Kier alpha value is -10.2. The van der Waals surface area contributed by atoms with Crippen LogP contribution in [0.1, 0.15) is 57.4 Å². The molecular formula is C83H88N6O12. The zero-order valence-corrected chi connectivity index (χ0v) is 56.6. The Morgan fingerprint density at radius 3 is 0.941 bits per heavy atom. The fraction of sp³-hybridized carbons (Fsp3) is 0.301. The minimum Gasteiger partial charge on any atom is -0.489 e. The van der Waals surface area contributed by atoms with E-state index in [9.17, 15) is 0 Å². The van der Waals surface area contributed by atoms with Gasteiger partial charge in [-0.05, 0) is 126 Å². The van der Waals surface area contributed by atoms with Crippen molar-refractivity contribution in [1.29, 1.82) is 0 Å². The van der Waals surface area contributed by atoms with Gasteiger partial charge in [0.2, 0.25) is 0 Å². The Morgan fingerprint density at radius 1 is 0.307 bits per heavy atom. The van der Waals surface area contributed by atoms with Crippen molar-refractivity contribution in [1.82, 2.24) is 0 Å². The Kier molecular flexibility index (Phi) is 19.1. The number of fused-ring (bicyclic) bond motifs is 4. The second-order valence-electron chi connectivity index (χ2n) is 27.5. The highest BCUT2D eigenvalue weighted by molar-refractivity contribution is 6.13. The molecule has 6 aliphatic heterocycles. The zero-order valence-electron chi connectivity index (χ0n) is 56.6. The molecule has 11 aromatic carbocycles. The van der Waals surface area contributed by atoms with Gasteiger partial charge in [0.15, 0.2) is 11.5 Å². The van der Waals surface area contributed by atoms with Gasteiger partial charge in [0.25, 0.3) is 0 Å². The molecule has 18 nitrogen and oxygen atoms in total. The van der Waals surface area contributed by atoms with Crippen molar-refractivity contribution < 1.29 is 56.8 Å². The van der Waals surface area contributed by atoms with Crippen molar-refractivity contribution in [2.45, 2.75) is 82.6 Å². The first-order valence-electron chi connectivity index (χ1n) is 34.1. The van der Waals surface area contributed by atoms with E-state index in [1.807, 2.05) is 84.9 Å². The Bertz CT molecular complexity index is 4550. The van der Waals surface area contributed by atoms with Crippen LogP contribution >= 0.6 is 0 Å². The molecule has 0 aliphatic carbocycles. The zero-order chi connectivity index (χ0) is 68.8. The van der Waals surface area contributed by atoms with Crippen LogP contribution in [0, 0.1) is 0 Å². The van der Waals surface area contributed by atoms with Crippen molar-refractivity contribution in [2.24, 2.45) is 0 Å². The highest BCUT2D eigenvalue weighted by Gasteiger charge is 2.33. The van der Waals surface area contributed by atoms with Gasteiger partial charge in [-0.25, -0.2) is 0 Å². The summed E-state index contributed by atoms with van der Waals surface area (Å²) in [5.41, 5.74) is 50.5. The molecule has 6 saturated heterocycles. The van der Waals surface area contributed by atoms with Crippen molar-refractivity contribution >= 4 is 77.2 Å². The predicted octanol–water partition coefficient (Wildman–Crippen LogP) is 14.5. The maximum Gasteiger partial charge on any atom is 0.150 e. The van der Waals surface area contributed by atoms with E-state index in [-0.39, 0.29) is 54.9 Å². The second kappa shape index (κ2) is 28.4. The van der Waals surface area contributed by atoms with Gasteiger partial charge >= 0.3 is 0 Å². The van der Waals surface area contributed by atoms with Crippen LogP contribution in [-0.2, 0) is 39.3 Å². The predicted molar refractivity (Wildman–Crippen MR) is 402 cm³/mol. The smallest absolute Gasteiger partial charge is 0.150 e. The average Bonchev–Trinajstić information content (AvgIpc) is 1.28. The molecule has 6 aliphatic rings. The van der Waals surface area contributed by atoms with E-state index in [1.54, 1.807) is 0 Å². The van der Waals surface area contributed by atoms with E-state index in [0.29, 0.717) is 121 Å². The van der Waals surface area contributed by atoms with Crippen LogP contribution in [0.4, 0.5) is 34.1 Å². The van der Waals surface area contributed by atoms with Gasteiger partial charge in [0, 0.05) is 32.7 Å². The monoisotopic (exact) mass is 1360 g/mol. The highest BCUT2D eigenvalue weighted by atomic mass is 16.6. The van der Waals surface area contributed by atoms with Crippen molar-refractivity contribution in [3.05, 3.63) is 204 Å². The summed E-state index contributed by atoms with van der Waals surface area (Å²) in [5, 5.41) is 8.20. The molecule has 0 aromatic heterocycles. The number of nitrogen functional groups attached to an aromatic ring is 6. The number of hydrogen-bond donors (Lipinski definition) is 6. The quantitative estimate of drug-likeness (QED) is 0.0242. The van der Waals surface area contributed by atoms with E-state index in [4.69, 9.17) is 91.2 Å². The topological polar surface area (TPSA) is 287 Å². The molecule has 0 spiro atoms. The van der Waals surface area contributed by atoms with Crippen LogP contribution in [0.25, 0.3) is 65.3 Å². The molecule has 0 saturated carbocycles. The molecule has 11 aromatic rings. The number of rotatable bonds is 24. The molecule has 6 fully saturated rings. The van der Waals surface area contributed by atoms with E-state index >= 15 is 0 Å². The summed E-state index contributed by atoms with van der Waals surface area (Å²) in [6.07, 6.45) is 1.01. The fourth-order valence-electron chi connectivity index (χ4n) is 12.6. The van der Waals surface area contributed by atoms with Gasteiger partial charge < -0.3 is 91.2 Å². The SMILES string of the molecule is C.CC(C)(c1ccc(C(C)(C)c2ccc(OCC3CO3)c(N)c2)cc1)c1ccc(OCC2CO2)c(N)c1.Nc1c(OCC2CO2)ccc2cc(-c3ccc4c(N)c(OCC5CO5)ccc4c3)ccc12.Nc1cc2ccccc2c(-c2c(OCC3CO3)c(N)cc3ccccc23)c1OCC1CO1. The van der Waals surface area contributed by atoms with Gasteiger partial charge in [-0.1, -0.05) is 156 Å². The first-order chi connectivity index (χ1) is 48.5. The summed E-state index contributed by atoms with van der Waals surface area (Å²) in [7, 11) is 0. The maximum atomic E-state index is 6.54. The van der Waals surface area contributed by atoms with Crippen molar-refractivity contribution in [3.63, 3.8) is 0 Å². The molecule has 12 N–H and O–H groups in total. The lowest BCUT2D eigenvalue weighted by atomic mass is 9.74. The molecule has 0 bridgehead atoms. The lowest BCUT2D eigenvalue weighted by Crippen LogP contribution is -2.22. The molecular weight excluding hydrogens is 1270 g/mol. The largest absolute Gasteiger partial charge is 0.489 e. The molecule has 522 valence electrons.